The Kier molecular flexibility index (Phi) is 14.6. The van der Waals surface area contributed by atoms with Gasteiger partial charge in [0.2, 0.25) is 5.67 Å². The lowest BCUT2D eigenvalue weighted by atomic mass is 9.99. The van der Waals surface area contributed by atoms with E-state index in [0.717, 1.165) is 49.7 Å². The quantitative estimate of drug-likeness (QED) is 0.0743. The van der Waals surface area contributed by atoms with E-state index in [9.17, 15) is 13.6 Å². The molecule has 0 aliphatic carbocycles. The van der Waals surface area contributed by atoms with Crippen LogP contribution < -0.4 is 9.47 Å². The number of hydrogen-bond donors (Lipinski definition) is 0. The molecule has 0 unspecified atom stereocenters. The smallest absolute Gasteiger partial charge is 0.348 e. The fourth-order valence-electron chi connectivity index (χ4n) is 5.02. The van der Waals surface area contributed by atoms with E-state index in [2.05, 4.69) is 18.8 Å². The summed E-state index contributed by atoms with van der Waals surface area (Å²) >= 11 is 0. The molecule has 1 aromatic heterocycles. The minimum Gasteiger partial charge on any atom is -0.491 e. The predicted molar refractivity (Wildman–Crippen MR) is 172 cm³/mol. The fourth-order valence-corrected chi connectivity index (χ4v) is 5.02. The summed E-state index contributed by atoms with van der Waals surface area (Å²) in [6, 6.07) is 15.6. The van der Waals surface area contributed by atoms with Crippen LogP contribution in [0, 0.1) is 5.82 Å². The van der Waals surface area contributed by atoms with Gasteiger partial charge < -0.3 is 9.47 Å². The lowest BCUT2D eigenvalue weighted by molar-refractivity contribution is -0.147. The Morgan fingerprint density at radius 1 is 0.744 bits per heavy atom. The van der Waals surface area contributed by atoms with Crippen LogP contribution in [0.25, 0.3) is 22.4 Å². The summed E-state index contributed by atoms with van der Waals surface area (Å²) in [7, 11) is 0. The third-order valence-corrected chi connectivity index (χ3v) is 7.82. The number of carbonyl (C=O) groups excluding carboxylic acids is 1. The molecule has 43 heavy (non-hydrogen) atoms. The van der Waals surface area contributed by atoms with Gasteiger partial charge in [-0.25, -0.2) is 13.6 Å². The van der Waals surface area contributed by atoms with Gasteiger partial charge >= 0.3 is 5.97 Å². The number of nitrogens with zero attached hydrogens (tertiary/aromatic N) is 1. The zero-order valence-electron chi connectivity index (χ0n) is 26.3. The highest BCUT2D eigenvalue weighted by atomic mass is 19.1. The number of ether oxygens (including phenoxy) is 2. The summed E-state index contributed by atoms with van der Waals surface area (Å²) in [5.74, 6) is -0.690. The molecule has 3 aromatic rings. The topological polar surface area (TPSA) is 48.4 Å². The molecule has 1 heterocycles. The van der Waals surface area contributed by atoms with Crippen molar-refractivity contribution in [1.82, 2.24) is 4.98 Å². The monoisotopic (exact) mass is 593 g/mol. The zero-order chi connectivity index (χ0) is 30.9. The van der Waals surface area contributed by atoms with E-state index in [1.807, 2.05) is 18.2 Å². The van der Waals surface area contributed by atoms with Gasteiger partial charge in [0.1, 0.15) is 5.75 Å². The predicted octanol–water partition coefficient (Wildman–Crippen LogP) is 11.1. The Labute approximate surface area is 257 Å². The van der Waals surface area contributed by atoms with Crippen molar-refractivity contribution in [3.63, 3.8) is 0 Å². The van der Waals surface area contributed by atoms with E-state index in [-0.39, 0.29) is 12.2 Å². The van der Waals surface area contributed by atoms with Gasteiger partial charge in [-0.2, -0.15) is 0 Å². The number of benzene rings is 2. The SMILES string of the molecule is CCCCCCCCCCOc1ccc(-c2ccc(-c3ccc(OC(=O)[C@@](C)(F)CCCCCCC)cc3)cn2)cc1F. The van der Waals surface area contributed by atoms with Crippen LogP contribution in [0.3, 0.4) is 0 Å². The minimum absolute atomic E-state index is 0.157. The molecule has 0 bridgehead atoms. The van der Waals surface area contributed by atoms with Gasteiger partial charge in [0.25, 0.3) is 0 Å². The van der Waals surface area contributed by atoms with Gasteiger partial charge in [0, 0.05) is 17.3 Å². The molecule has 0 aliphatic heterocycles. The summed E-state index contributed by atoms with van der Waals surface area (Å²) in [5.41, 5.74) is 1.04. The third-order valence-electron chi connectivity index (χ3n) is 7.82. The number of unbranched alkanes of at least 4 members (excludes halogenated alkanes) is 11. The van der Waals surface area contributed by atoms with Crippen molar-refractivity contribution in [2.24, 2.45) is 0 Å². The molecule has 234 valence electrons. The molecule has 0 spiro atoms. The van der Waals surface area contributed by atoms with Crippen molar-refractivity contribution in [3.8, 4) is 33.9 Å². The molecule has 2 aromatic carbocycles. The molecule has 4 nitrogen and oxygen atoms in total. The van der Waals surface area contributed by atoms with E-state index < -0.39 is 17.5 Å². The Morgan fingerprint density at radius 3 is 1.93 bits per heavy atom. The van der Waals surface area contributed by atoms with Gasteiger partial charge in [0.15, 0.2) is 11.6 Å². The molecule has 0 radical (unpaired) electrons. The molecule has 0 saturated heterocycles. The van der Waals surface area contributed by atoms with Crippen LogP contribution in [-0.4, -0.2) is 23.2 Å². The molecular weight excluding hydrogens is 544 g/mol. The second-order valence-corrected chi connectivity index (χ2v) is 11.7. The number of rotatable bonds is 20. The first-order chi connectivity index (χ1) is 20.8. The molecule has 0 amide bonds. The van der Waals surface area contributed by atoms with Gasteiger partial charge in [-0.05, 0) is 68.1 Å². The normalized spacial score (nSPS) is 12.6. The Balaban J connectivity index is 1.47. The van der Waals surface area contributed by atoms with Gasteiger partial charge in [0.05, 0.1) is 12.3 Å². The third kappa shape index (κ3) is 11.7. The van der Waals surface area contributed by atoms with Crippen molar-refractivity contribution >= 4 is 5.97 Å². The number of esters is 1. The van der Waals surface area contributed by atoms with Crippen molar-refractivity contribution in [3.05, 3.63) is 66.6 Å². The summed E-state index contributed by atoms with van der Waals surface area (Å²) < 4.78 is 40.6. The number of alkyl halides is 1. The van der Waals surface area contributed by atoms with Gasteiger partial charge in [-0.15, -0.1) is 0 Å². The van der Waals surface area contributed by atoms with E-state index >= 15 is 0 Å². The first kappa shape index (κ1) is 34.2. The molecule has 0 saturated carbocycles. The second-order valence-electron chi connectivity index (χ2n) is 11.7. The first-order valence-corrected chi connectivity index (χ1v) is 16.2. The van der Waals surface area contributed by atoms with Crippen molar-refractivity contribution < 1.29 is 23.0 Å². The number of halogens is 2. The Bertz CT molecular complexity index is 1230. The first-order valence-electron chi connectivity index (χ1n) is 16.2. The standard InChI is InChI=1S/C37H49F2NO3/c1-4-6-8-10-11-12-14-16-26-42-35-24-20-30(27-33(35)38)34-23-19-31(28-40-34)29-17-21-32(22-18-29)43-36(41)37(3,39)25-15-13-9-7-5-2/h17-24,27-28H,4-16,25-26H2,1-3H3/t37-/m0/s1. The van der Waals surface area contributed by atoms with Crippen LogP contribution >= 0.6 is 0 Å². The highest BCUT2D eigenvalue weighted by molar-refractivity contribution is 5.81. The summed E-state index contributed by atoms with van der Waals surface area (Å²) in [6.07, 6.45) is 16.4. The number of hydrogen-bond acceptors (Lipinski definition) is 4. The average Bonchev–Trinajstić information content (AvgIpc) is 3.01. The number of pyridine rings is 1. The highest BCUT2D eigenvalue weighted by Gasteiger charge is 2.34. The van der Waals surface area contributed by atoms with Crippen LogP contribution in [-0.2, 0) is 4.79 Å². The highest BCUT2D eigenvalue weighted by Crippen LogP contribution is 2.29. The largest absolute Gasteiger partial charge is 0.491 e. The van der Waals surface area contributed by atoms with Crippen LogP contribution in [0.4, 0.5) is 8.78 Å². The Hall–Kier alpha value is -3.28. The summed E-state index contributed by atoms with van der Waals surface area (Å²) in [6.45, 7) is 6.16. The second kappa shape index (κ2) is 18.4. The number of carbonyl (C=O) groups is 1. The lowest BCUT2D eigenvalue weighted by Crippen LogP contribution is -2.34. The van der Waals surface area contributed by atoms with E-state index in [4.69, 9.17) is 9.47 Å². The van der Waals surface area contributed by atoms with E-state index in [1.54, 1.807) is 36.5 Å². The van der Waals surface area contributed by atoms with Crippen LogP contribution in [0.1, 0.15) is 111 Å². The molecule has 0 fully saturated rings. The zero-order valence-corrected chi connectivity index (χ0v) is 26.3. The maximum Gasteiger partial charge on any atom is 0.348 e. The molecule has 0 N–H and O–H groups in total. The lowest BCUT2D eigenvalue weighted by Gasteiger charge is -2.18. The fraction of sp³-hybridized carbons (Fsp3) is 0.514. The van der Waals surface area contributed by atoms with Crippen LogP contribution in [0.2, 0.25) is 0 Å². The van der Waals surface area contributed by atoms with Crippen molar-refractivity contribution in [1.29, 1.82) is 0 Å². The molecule has 3 rings (SSSR count). The summed E-state index contributed by atoms with van der Waals surface area (Å²) in [4.78, 5) is 16.9. The van der Waals surface area contributed by atoms with Crippen LogP contribution in [0.15, 0.2) is 60.8 Å². The minimum atomic E-state index is -2.01. The number of aromatic nitrogens is 1. The average molecular weight is 594 g/mol. The molecule has 6 heteroatoms. The Morgan fingerprint density at radius 2 is 1.33 bits per heavy atom. The van der Waals surface area contributed by atoms with Gasteiger partial charge in [-0.1, -0.05) is 103 Å². The van der Waals surface area contributed by atoms with Crippen LogP contribution in [0.5, 0.6) is 11.5 Å². The van der Waals surface area contributed by atoms with E-state index in [1.165, 1.54) is 51.5 Å². The maximum absolute atomic E-state index is 14.9. The van der Waals surface area contributed by atoms with E-state index in [0.29, 0.717) is 30.0 Å². The van der Waals surface area contributed by atoms with Crippen molar-refractivity contribution in [2.75, 3.05) is 6.61 Å². The molecule has 1 atom stereocenters. The van der Waals surface area contributed by atoms with Crippen molar-refractivity contribution in [2.45, 2.75) is 116 Å². The maximum atomic E-state index is 14.9. The molecule has 0 aliphatic rings. The summed E-state index contributed by atoms with van der Waals surface area (Å²) in [5, 5.41) is 0. The van der Waals surface area contributed by atoms with Gasteiger partial charge in [-0.3, -0.25) is 4.98 Å². The molecular formula is C37H49F2NO3.